The Morgan fingerprint density at radius 3 is 2.63 bits per heavy atom. The maximum Gasteiger partial charge on any atom is 0.387 e. The zero-order valence-electron chi connectivity index (χ0n) is 10.7. The second-order valence-corrected chi connectivity index (χ2v) is 4.03. The summed E-state index contributed by atoms with van der Waals surface area (Å²) in [6, 6.07) is 6.39. The van der Waals surface area contributed by atoms with Crippen LogP contribution < -0.4 is 10.1 Å². The smallest absolute Gasteiger partial charge is 0.387 e. The Balaban J connectivity index is 2.41. The summed E-state index contributed by atoms with van der Waals surface area (Å²) in [7, 11) is 3.60. The van der Waals surface area contributed by atoms with Crippen LogP contribution in [0.25, 0.3) is 0 Å². The summed E-state index contributed by atoms with van der Waals surface area (Å²) in [6.07, 6.45) is 3.46. The minimum absolute atomic E-state index is 0.153. The molecule has 19 heavy (non-hydrogen) atoms. The van der Waals surface area contributed by atoms with Crippen LogP contribution in [0.2, 0.25) is 0 Å². The Labute approximate surface area is 110 Å². The van der Waals surface area contributed by atoms with E-state index in [2.05, 4.69) is 15.0 Å². The van der Waals surface area contributed by atoms with Gasteiger partial charge in [0.1, 0.15) is 11.6 Å². The van der Waals surface area contributed by atoms with E-state index >= 15 is 0 Å². The number of halogens is 2. The van der Waals surface area contributed by atoms with Crippen molar-refractivity contribution >= 4 is 0 Å². The van der Waals surface area contributed by atoms with Crippen molar-refractivity contribution in [2.75, 3.05) is 7.05 Å². The number of imidazole rings is 1. The lowest BCUT2D eigenvalue weighted by molar-refractivity contribution is -0.0506. The number of ether oxygens (including phenoxy) is 1. The first kappa shape index (κ1) is 13.5. The second-order valence-electron chi connectivity index (χ2n) is 4.03. The van der Waals surface area contributed by atoms with Crippen LogP contribution in [-0.2, 0) is 7.05 Å². The molecule has 6 heteroatoms. The molecule has 0 aliphatic rings. The SMILES string of the molecule is CNC(c1ccccc1OC(F)F)c1nccn1C. The molecule has 1 heterocycles. The summed E-state index contributed by atoms with van der Waals surface area (Å²) >= 11 is 0. The second kappa shape index (κ2) is 5.79. The van der Waals surface area contributed by atoms with Crippen molar-refractivity contribution in [3.05, 3.63) is 48.0 Å². The first-order valence-corrected chi connectivity index (χ1v) is 5.81. The average Bonchev–Trinajstić information content (AvgIpc) is 2.78. The van der Waals surface area contributed by atoms with Gasteiger partial charge in [0.05, 0.1) is 6.04 Å². The van der Waals surface area contributed by atoms with E-state index in [-0.39, 0.29) is 11.8 Å². The van der Waals surface area contributed by atoms with Crippen LogP contribution in [0.1, 0.15) is 17.4 Å². The van der Waals surface area contributed by atoms with Crippen LogP contribution in [0.5, 0.6) is 5.75 Å². The lowest BCUT2D eigenvalue weighted by Gasteiger charge is -2.19. The minimum atomic E-state index is -2.85. The summed E-state index contributed by atoms with van der Waals surface area (Å²) in [4.78, 5) is 4.24. The highest BCUT2D eigenvalue weighted by atomic mass is 19.3. The number of nitrogens with one attached hydrogen (secondary N) is 1. The molecule has 1 aromatic heterocycles. The van der Waals surface area contributed by atoms with Crippen LogP contribution >= 0.6 is 0 Å². The summed E-state index contributed by atoms with van der Waals surface area (Å²) in [6.45, 7) is -2.85. The number of nitrogens with zero attached hydrogens (tertiary/aromatic N) is 2. The molecule has 0 fully saturated rings. The zero-order chi connectivity index (χ0) is 13.8. The minimum Gasteiger partial charge on any atom is -0.434 e. The predicted molar refractivity (Wildman–Crippen MR) is 67.2 cm³/mol. The summed E-state index contributed by atoms with van der Waals surface area (Å²) in [5, 5.41) is 3.07. The Morgan fingerprint density at radius 1 is 1.32 bits per heavy atom. The van der Waals surface area contributed by atoms with E-state index < -0.39 is 6.61 Å². The monoisotopic (exact) mass is 267 g/mol. The van der Waals surface area contributed by atoms with Crippen molar-refractivity contribution < 1.29 is 13.5 Å². The van der Waals surface area contributed by atoms with Gasteiger partial charge in [0.2, 0.25) is 0 Å². The van der Waals surface area contributed by atoms with Crippen LogP contribution in [0.4, 0.5) is 8.78 Å². The molecular formula is C13H15F2N3O. The fraction of sp³-hybridized carbons (Fsp3) is 0.308. The van der Waals surface area contributed by atoms with E-state index in [1.54, 1.807) is 37.6 Å². The molecule has 0 saturated heterocycles. The summed E-state index contributed by atoms with van der Waals surface area (Å²) in [5.41, 5.74) is 0.625. The number of benzene rings is 1. The van der Waals surface area contributed by atoms with E-state index in [1.807, 2.05) is 11.6 Å². The van der Waals surface area contributed by atoms with Gasteiger partial charge in [-0.3, -0.25) is 0 Å². The van der Waals surface area contributed by atoms with Gasteiger partial charge in [0.15, 0.2) is 0 Å². The van der Waals surface area contributed by atoms with Crippen molar-refractivity contribution in [2.24, 2.45) is 7.05 Å². The first-order chi connectivity index (χ1) is 9.13. The maximum absolute atomic E-state index is 12.4. The van der Waals surface area contributed by atoms with Gasteiger partial charge < -0.3 is 14.6 Å². The molecule has 1 atom stereocenters. The molecule has 0 radical (unpaired) electrons. The predicted octanol–water partition coefficient (Wildman–Crippen LogP) is 2.33. The number of aryl methyl sites for hydroxylation is 1. The van der Waals surface area contributed by atoms with E-state index in [9.17, 15) is 8.78 Å². The molecule has 102 valence electrons. The molecule has 0 aliphatic carbocycles. The highest BCUT2D eigenvalue weighted by Gasteiger charge is 2.21. The number of hydrogen-bond donors (Lipinski definition) is 1. The van der Waals surface area contributed by atoms with Gasteiger partial charge in [-0.15, -0.1) is 0 Å². The van der Waals surface area contributed by atoms with E-state index in [1.165, 1.54) is 6.07 Å². The Hall–Kier alpha value is -1.95. The molecule has 1 aromatic carbocycles. The number of alkyl halides is 2. The third kappa shape index (κ3) is 2.90. The molecule has 2 rings (SSSR count). The fourth-order valence-corrected chi connectivity index (χ4v) is 2.00. The highest BCUT2D eigenvalue weighted by molar-refractivity contribution is 5.39. The molecule has 4 nitrogen and oxygen atoms in total. The van der Waals surface area contributed by atoms with Crippen molar-refractivity contribution in [2.45, 2.75) is 12.7 Å². The lowest BCUT2D eigenvalue weighted by atomic mass is 10.1. The Kier molecular flexibility index (Phi) is 4.11. The number of aromatic nitrogens is 2. The Bertz CT molecular complexity index is 542. The third-order valence-electron chi connectivity index (χ3n) is 2.85. The molecule has 1 N–H and O–H groups in total. The first-order valence-electron chi connectivity index (χ1n) is 5.81. The van der Waals surface area contributed by atoms with Crippen molar-refractivity contribution in [1.82, 2.24) is 14.9 Å². The molecule has 2 aromatic rings. The van der Waals surface area contributed by atoms with Crippen LogP contribution in [0.3, 0.4) is 0 Å². The molecule has 0 aliphatic heterocycles. The zero-order valence-corrected chi connectivity index (χ0v) is 10.7. The number of hydrogen-bond acceptors (Lipinski definition) is 3. The van der Waals surface area contributed by atoms with Crippen LogP contribution in [0, 0.1) is 0 Å². The van der Waals surface area contributed by atoms with Gasteiger partial charge in [0, 0.05) is 25.0 Å². The van der Waals surface area contributed by atoms with E-state index in [0.29, 0.717) is 5.56 Å². The van der Waals surface area contributed by atoms with Gasteiger partial charge in [-0.1, -0.05) is 18.2 Å². The van der Waals surface area contributed by atoms with E-state index in [4.69, 9.17) is 0 Å². The topological polar surface area (TPSA) is 39.1 Å². The highest BCUT2D eigenvalue weighted by Crippen LogP contribution is 2.29. The molecule has 0 amide bonds. The molecule has 0 bridgehead atoms. The van der Waals surface area contributed by atoms with Crippen LogP contribution in [0.15, 0.2) is 36.7 Å². The summed E-state index contributed by atoms with van der Waals surface area (Å²) in [5.74, 6) is 0.882. The van der Waals surface area contributed by atoms with Crippen molar-refractivity contribution in [3.63, 3.8) is 0 Å². The van der Waals surface area contributed by atoms with Gasteiger partial charge >= 0.3 is 6.61 Å². The standard InChI is InChI=1S/C13H15F2N3O/c1-16-11(12-17-7-8-18(12)2)9-5-3-4-6-10(9)19-13(14)15/h3-8,11,13,16H,1-2H3. The van der Waals surface area contributed by atoms with Gasteiger partial charge in [-0.25, -0.2) is 4.98 Å². The Morgan fingerprint density at radius 2 is 2.05 bits per heavy atom. The lowest BCUT2D eigenvalue weighted by Crippen LogP contribution is -2.22. The maximum atomic E-state index is 12.4. The van der Waals surface area contributed by atoms with E-state index in [0.717, 1.165) is 5.82 Å². The van der Waals surface area contributed by atoms with Crippen molar-refractivity contribution in [3.8, 4) is 5.75 Å². The van der Waals surface area contributed by atoms with Crippen molar-refractivity contribution in [1.29, 1.82) is 0 Å². The molecule has 1 unspecified atom stereocenters. The van der Waals surface area contributed by atoms with Gasteiger partial charge in [0.25, 0.3) is 0 Å². The summed E-state index contributed by atoms with van der Waals surface area (Å²) < 4.78 is 31.2. The number of rotatable bonds is 5. The van der Waals surface area contributed by atoms with Crippen LogP contribution in [-0.4, -0.2) is 23.2 Å². The molecular weight excluding hydrogens is 252 g/mol. The quantitative estimate of drug-likeness (QED) is 0.903. The third-order valence-corrected chi connectivity index (χ3v) is 2.85. The average molecular weight is 267 g/mol. The fourth-order valence-electron chi connectivity index (χ4n) is 2.00. The van der Waals surface area contributed by atoms with Gasteiger partial charge in [-0.05, 0) is 13.1 Å². The molecule has 0 spiro atoms. The number of para-hydroxylation sites is 1. The van der Waals surface area contributed by atoms with Gasteiger partial charge in [-0.2, -0.15) is 8.78 Å². The molecule has 0 saturated carbocycles. The normalized spacial score (nSPS) is 12.7. The largest absolute Gasteiger partial charge is 0.434 e.